The standard InChI is InChI=1S/C26H23FN4O3S/c1-17(19-8-10-21(27)11-9-19)23-15-30(2)26(32)25-22(23)12-24(20-13-28-29-14-20)31(25)35(33,34)16-18-6-4-3-5-7-18/h3-15,17H,16H2,1-2H3,(H,28,29). The zero-order chi connectivity index (χ0) is 24.7. The summed E-state index contributed by atoms with van der Waals surface area (Å²) in [6.45, 7) is 1.94. The molecule has 5 rings (SSSR count). The number of benzene rings is 2. The molecular weight excluding hydrogens is 467 g/mol. The van der Waals surface area contributed by atoms with Crippen LogP contribution in [0.25, 0.3) is 22.2 Å². The van der Waals surface area contributed by atoms with Gasteiger partial charge in [-0.1, -0.05) is 49.4 Å². The number of nitrogens with one attached hydrogen (secondary N) is 1. The number of fused-ring (bicyclic) bond motifs is 1. The van der Waals surface area contributed by atoms with E-state index < -0.39 is 15.6 Å². The second-order valence-corrected chi connectivity index (χ2v) is 10.4. The summed E-state index contributed by atoms with van der Waals surface area (Å²) in [5.74, 6) is -0.842. The summed E-state index contributed by atoms with van der Waals surface area (Å²) < 4.78 is 43.6. The fraction of sp³-hybridized carbons (Fsp3) is 0.154. The van der Waals surface area contributed by atoms with Crippen molar-refractivity contribution in [1.82, 2.24) is 18.7 Å². The zero-order valence-electron chi connectivity index (χ0n) is 19.1. The Kier molecular flexibility index (Phi) is 5.64. The van der Waals surface area contributed by atoms with Gasteiger partial charge in [-0.2, -0.15) is 5.10 Å². The predicted molar refractivity (Wildman–Crippen MR) is 133 cm³/mol. The monoisotopic (exact) mass is 490 g/mol. The van der Waals surface area contributed by atoms with Crippen molar-refractivity contribution < 1.29 is 12.8 Å². The molecule has 0 bridgehead atoms. The van der Waals surface area contributed by atoms with E-state index in [-0.39, 0.29) is 23.0 Å². The number of aromatic amines is 1. The molecule has 1 N–H and O–H groups in total. The summed E-state index contributed by atoms with van der Waals surface area (Å²) in [6.07, 6.45) is 4.83. The van der Waals surface area contributed by atoms with E-state index in [1.807, 2.05) is 13.0 Å². The Morgan fingerprint density at radius 2 is 1.80 bits per heavy atom. The molecule has 35 heavy (non-hydrogen) atoms. The van der Waals surface area contributed by atoms with Gasteiger partial charge in [-0.25, -0.2) is 16.8 Å². The van der Waals surface area contributed by atoms with Gasteiger partial charge in [0.25, 0.3) is 5.56 Å². The molecule has 0 aliphatic carbocycles. The van der Waals surface area contributed by atoms with Crippen LogP contribution in [0.3, 0.4) is 0 Å². The normalized spacial score (nSPS) is 12.8. The number of pyridine rings is 1. The number of aryl methyl sites for hydroxylation is 1. The van der Waals surface area contributed by atoms with Crippen LogP contribution in [0.4, 0.5) is 4.39 Å². The van der Waals surface area contributed by atoms with Crippen molar-refractivity contribution in [2.24, 2.45) is 7.05 Å². The van der Waals surface area contributed by atoms with Crippen LogP contribution in [0, 0.1) is 5.82 Å². The smallest absolute Gasteiger partial charge is 0.275 e. The highest BCUT2D eigenvalue weighted by Gasteiger charge is 2.28. The van der Waals surface area contributed by atoms with Gasteiger partial charge in [-0.05, 0) is 34.9 Å². The van der Waals surface area contributed by atoms with E-state index in [9.17, 15) is 17.6 Å². The quantitative estimate of drug-likeness (QED) is 0.382. The van der Waals surface area contributed by atoms with Crippen LogP contribution in [0.5, 0.6) is 0 Å². The van der Waals surface area contributed by atoms with Crippen molar-refractivity contribution >= 4 is 20.9 Å². The van der Waals surface area contributed by atoms with Gasteiger partial charge in [-0.3, -0.25) is 9.89 Å². The minimum absolute atomic E-state index is 0.0751. The summed E-state index contributed by atoms with van der Waals surface area (Å²) in [5.41, 5.74) is 2.75. The Morgan fingerprint density at radius 1 is 1.09 bits per heavy atom. The lowest BCUT2D eigenvalue weighted by Gasteiger charge is -2.16. The molecule has 7 nitrogen and oxygen atoms in total. The van der Waals surface area contributed by atoms with Crippen LogP contribution in [0.1, 0.15) is 29.5 Å². The molecule has 0 aliphatic heterocycles. The number of halogens is 1. The van der Waals surface area contributed by atoms with Crippen LogP contribution in [-0.4, -0.2) is 27.2 Å². The van der Waals surface area contributed by atoms with E-state index >= 15 is 0 Å². The molecule has 0 amide bonds. The van der Waals surface area contributed by atoms with E-state index in [1.165, 1.54) is 22.9 Å². The predicted octanol–water partition coefficient (Wildman–Crippen LogP) is 4.40. The largest absolute Gasteiger partial charge is 0.316 e. The Balaban J connectivity index is 1.80. The first-order valence-electron chi connectivity index (χ1n) is 11.0. The zero-order valence-corrected chi connectivity index (χ0v) is 20.0. The van der Waals surface area contributed by atoms with Gasteiger partial charge >= 0.3 is 0 Å². The third-order valence-electron chi connectivity index (χ3n) is 6.23. The van der Waals surface area contributed by atoms with Crippen molar-refractivity contribution in [1.29, 1.82) is 0 Å². The number of hydrogen-bond donors (Lipinski definition) is 1. The summed E-state index contributed by atoms with van der Waals surface area (Å²) in [6, 6.07) is 16.7. The minimum Gasteiger partial charge on any atom is -0.316 e. The molecule has 0 aliphatic rings. The maximum absolute atomic E-state index is 13.8. The maximum Gasteiger partial charge on any atom is 0.275 e. The lowest BCUT2D eigenvalue weighted by atomic mass is 9.92. The average molecular weight is 491 g/mol. The fourth-order valence-electron chi connectivity index (χ4n) is 4.43. The Morgan fingerprint density at radius 3 is 2.46 bits per heavy atom. The molecule has 0 fully saturated rings. The van der Waals surface area contributed by atoms with Crippen molar-refractivity contribution in [2.75, 3.05) is 0 Å². The Bertz CT molecular complexity index is 1670. The minimum atomic E-state index is -3.99. The van der Waals surface area contributed by atoms with Crippen LogP contribution in [0.15, 0.2) is 84.0 Å². The lowest BCUT2D eigenvalue weighted by molar-refractivity contribution is 0.588. The Hall–Kier alpha value is -3.98. The maximum atomic E-state index is 13.8. The van der Waals surface area contributed by atoms with E-state index in [2.05, 4.69) is 10.2 Å². The first-order chi connectivity index (χ1) is 16.8. The molecule has 0 spiro atoms. The lowest BCUT2D eigenvalue weighted by Crippen LogP contribution is -2.24. The molecular formula is C26H23FN4O3S. The summed E-state index contributed by atoms with van der Waals surface area (Å²) in [5, 5.41) is 7.22. The van der Waals surface area contributed by atoms with Crippen molar-refractivity contribution in [3.05, 3.63) is 112 Å². The molecule has 1 atom stereocenters. The number of aromatic nitrogens is 4. The second-order valence-electron chi connectivity index (χ2n) is 8.56. The molecule has 3 aromatic heterocycles. The van der Waals surface area contributed by atoms with Crippen LogP contribution in [0.2, 0.25) is 0 Å². The molecule has 5 aromatic rings. The van der Waals surface area contributed by atoms with Crippen LogP contribution in [-0.2, 0) is 22.8 Å². The Labute approximate surface area is 201 Å². The van der Waals surface area contributed by atoms with Crippen LogP contribution < -0.4 is 5.56 Å². The van der Waals surface area contributed by atoms with Crippen LogP contribution >= 0.6 is 0 Å². The SMILES string of the molecule is CC(c1ccc(F)cc1)c1cn(C)c(=O)c2c1cc(-c1cn[nH]c1)n2S(=O)(=O)Cc1ccccc1. The second kappa shape index (κ2) is 8.66. The van der Waals surface area contributed by atoms with Gasteiger partial charge < -0.3 is 4.57 Å². The molecule has 2 aromatic carbocycles. The average Bonchev–Trinajstić information content (AvgIpc) is 3.50. The van der Waals surface area contributed by atoms with E-state index in [0.717, 1.165) is 15.1 Å². The fourth-order valence-corrected chi connectivity index (χ4v) is 6.08. The van der Waals surface area contributed by atoms with Crippen molar-refractivity contribution in [2.45, 2.75) is 18.6 Å². The van der Waals surface area contributed by atoms with E-state index in [1.54, 1.807) is 61.9 Å². The first-order valence-corrected chi connectivity index (χ1v) is 12.6. The van der Waals surface area contributed by atoms with Gasteiger partial charge in [0.05, 0.1) is 17.6 Å². The van der Waals surface area contributed by atoms with Gasteiger partial charge in [0.1, 0.15) is 11.3 Å². The van der Waals surface area contributed by atoms with Gasteiger partial charge in [0, 0.05) is 36.3 Å². The molecule has 0 saturated carbocycles. The molecule has 0 radical (unpaired) electrons. The summed E-state index contributed by atoms with van der Waals surface area (Å²) in [7, 11) is -2.39. The highest BCUT2D eigenvalue weighted by Crippen LogP contribution is 2.35. The van der Waals surface area contributed by atoms with E-state index in [0.29, 0.717) is 22.2 Å². The highest BCUT2D eigenvalue weighted by molar-refractivity contribution is 7.89. The number of nitrogens with zero attached hydrogens (tertiary/aromatic N) is 3. The molecule has 0 saturated heterocycles. The van der Waals surface area contributed by atoms with Crippen molar-refractivity contribution in [3.8, 4) is 11.3 Å². The molecule has 9 heteroatoms. The summed E-state index contributed by atoms with van der Waals surface area (Å²) in [4.78, 5) is 13.4. The molecule has 3 heterocycles. The molecule has 178 valence electrons. The highest BCUT2D eigenvalue weighted by atomic mass is 32.2. The number of rotatable bonds is 6. The van der Waals surface area contributed by atoms with Crippen molar-refractivity contribution in [3.63, 3.8) is 0 Å². The number of hydrogen-bond acceptors (Lipinski definition) is 4. The number of H-pyrrole nitrogens is 1. The molecule has 1 unspecified atom stereocenters. The van der Waals surface area contributed by atoms with Gasteiger partial charge in [0.15, 0.2) is 0 Å². The summed E-state index contributed by atoms with van der Waals surface area (Å²) >= 11 is 0. The van der Waals surface area contributed by atoms with Gasteiger partial charge in [-0.15, -0.1) is 0 Å². The van der Waals surface area contributed by atoms with Gasteiger partial charge in [0.2, 0.25) is 10.0 Å². The third-order valence-corrected chi connectivity index (χ3v) is 7.86. The third kappa shape index (κ3) is 4.08. The first kappa shape index (κ1) is 22.8. The van der Waals surface area contributed by atoms with E-state index in [4.69, 9.17) is 0 Å². The topological polar surface area (TPSA) is 89.8 Å².